The van der Waals surface area contributed by atoms with Gasteiger partial charge in [0.1, 0.15) is 12.4 Å². The standard InChI is InChI=1S/C15H18N2O3S/c1-3-4-13-20-14-7-9-15(10-8-14)21(18,19)17-12-6-5-11-16-2/h7-10,16-17H,11-13H2,1-2H3. The lowest BCUT2D eigenvalue weighted by molar-refractivity contribution is 0.370. The predicted octanol–water partition coefficient (Wildman–Crippen LogP) is 0.590. The molecular formula is C15H18N2O3S. The fourth-order valence-corrected chi connectivity index (χ4v) is 2.26. The van der Waals surface area contributed by atoms with E-state index in [2.05, 4.69) is 33.7 Å². The Kier molecular flexibility index (Phi) is 7.34. The first-order valence-corrected chi connectivity index (χ1v) is 7.81. The van der Waals surface area contributed by atoms with Gasteiger partial charge in [-0.3, -0.25) is 0 Å². The zero-order valence-corrected chi connectivity index (χ0v) is 12.9. The molecule has 0 aromatic heterocycles. The Hall–Kier alpha value is -1.99. The van der Waals surface area contributed by atoms with Crippen molar-refractivity contribution in [1.82, 2.24) is 10.0 Å². The van der Waals surface area contributed by atoms with Crippen molar-refractivity contribution in [1.29, 1.82) is 0 Å². The molecule has 112 valence electrons. The molecule has 1 rings (SSSR count). The average Bonchev–Trinajstić information content (AvgIpc) is 2.48. The summed E-state index contributed by atoms with van der Waals surface area (Å²) in [6.45, 7) is 2.61. The zero-order chi connectivity index (χ0) is 15.6. The summed E-state index contributed by atoms with van der Waals surface area (Å²) in [6, 6.07) is 6.16. The molecule has 0 aliphatic carbocycles. The van der Waals surface area contributed by atoms with Crippen LogP contribution in [0.3, 0.4) is 0 Å². The molecule has 0 saturated carbocycles. The van der Waals surface area contributed by atoms with E-state index >= 15 is 0 Å². The Balaban J connectivity index is 2.62. The van der Waals surface area contributed by atoms with Crippen LogP contribution in [0.2, 0.25) is 0 Å². The minimum Gasteiger partial charge on any atom is -0.481 e. The number of ether oxygens (including phenoxy) is 1. The Morgan fingerprint density at radius 2 is 1.76 bits per heavy atom. The normalized spacial score (nSPS) is 10.0. The largest absolute Gasteiger partial charge is 0.481 e. The van der Waals surface area contributed by atoms with Crippen molar-refractivity contribution >= 4 is 10.0 Å². The lowest BCUT2D eigenvalue weighted by Crippen LogP contribution is -2.24. The van der Waals surface area contributed by atoms with Crippen LogP contribution in [-0.4, -0.2) is 35.2 Å². The second kappa shape index (κ2) is 9.04. The van der Waals surface area contributed by atoms with Crippen molar-refractivity contribution in [2.75, 3.05) is 26.7 Å². The lowest BCUT2D eigenvalue weighted by Gasteiger charge is -2.06. The average molecular weight is 306 g/mol. The number of benzene rings is 1. The molecule has 1 aromatic rings. The van der Waals surface area contributed by atoms with Gasteiger partial charge in [-0.15, -0.1) is 5.92 Å². The summed E-state index contributed by atoms with van der Waals surface area (Å²) in [5.74, 6) is 11.5. The molecule has 0 fully saturated rings. The van der Waals surface area contributed by atoms with E-state index in [1.54, 1.807) is 26.1 Å². The molecule has 0 aliphatic heterocycles. The van der Waals surface area contributed by atoms with Crippen molar-refractivity contribution in [2.24, 2.45) is 0 Å². The van der Waals surface area contributed by atoms with Crippen LogP contribution in [0.5, 0.6) is 5.75 Å². The number of hydrogen-bond acceptors (Lipinski definition) is 4. The first-order valence-electron chi connectivity index (χ1n) is 6.32. The summed E-state index contributed by atoms with van der Waals surface area (Å²) in [5, 5.41) is 2.85. The number of rotatable bonds is 6. The van der Waals surface area contributed by atoms with E-state index in [1.165, 1.54) is 12.1 Å². The summed E-state index contributed by atoms with van der Waals surface area (Å²) in [7, 11) is -1.77. The van der Waals surface area contributed by atoms with Crippen LogP contribution in [0.15, 0.2) is 29.2 Å². The molecule has 0 amide bonds. The Labute approximate surface area is 126 Å². The molecule has 2 N–H and O–H groups in total. The van der Waals surface area contributed by atoms with Gasteiger partial charge in [-0.1, -0.05) is 17.8 Å². The van der Waals surface area contributed by atoms with Gasteiger partial charge >= 0.3 is 0 Å². The Bertz CT molecular complexity index is 659. The smallest absolute Gasteiger partial charge is 0.241 e. The molecule has 21 heavy (non-hydrogen) atoms. The Morgan fingerprint density at radius 1 is 1.10 bits per heavy atom. The van der Waals surface area contributed by atoms with Gasteiger partial charge in [-0.25, -0.2) is 8.42 Å². The second-order valence-electron chi connectivity index (χ2n) is 3.90. The lowest BCUT2D eigenvalue weighted by atomic mass is 10.3. The summed E-state index contributed by atoms with van der Waals surface area (Å²) in [4.78, 5) is 0.173. The summed E-state index contributed by atoms with van der Waals surface area (Å²) < 4.78 is 31.7. The molecule has 5 nitrogen and oxygen atoms in total. The molecule has 0 spiro atoms. The highest BCUT2D eigenvalue weighted by Gasteiger charge is 2.12. The van der Waals surface area contributed by atoms with Crippen molar-refractivity contribution < 1.29 is 13.2 Å². The molecule has 1 aromatic carbocycles. The van der Waals surface area contributed by atoms with Crippen LogP contribution in [0.1, 0.15) is 6.92 Å². The van der Waals surface area contributed by atoms with Crippen LogP contribution >= 0.6 is 0 Å². The van der Waals surface area contributed by atoms with E-state index in [0.29, 0.717) is 12.3 Å². The van der Waals surface area contributed by atoms with Gasteiger partial charge in [0.05, 0.1) is 18.0 Å². The maximum atomic E-state index is 12.0. The first-order chi connectivity index (χ1) is 10.1. The minimum atomic E-state index is -3.55. The number of hydrogen-bond donors (Lipinski definition) is 2. The predicted molar refractivity (Wildman–Crippen MR) is 82.3 cm³/mol. The highest BCUT2D eigenvalue weighted by molar-refractivity contribution is 7.89. The van der Waals surface area contributed by atoms with Crippen molar-refractivity contribution in [3.05, 3.63) is 24.3 Å². The topological polar surface area (TPSA) is 67.4 Å². The van der Waals surface area contributed by atoms with Crippen LogP contribution in [0.25, 0.3) is 0 Å². The number of nitrogens with one attached hydrogen (secondary N) is 2. The highest BCUT2D eigenvalue weighted by atomic mass is 32.2. The third-order valence-electron chi connectivity index (χ3n) is 2.36. The Morgan fingerprint density at radius 3 is 2.38 bits per heavy atom. The maximum absolute atomic E-state index is 12.0. The van der Waals surface area contributed by atoms with E-state index in [0.717, 1.165) is 0 Å². The van der Waals surface area contributed by atoms with Crippen LogP contribution in [0.4, 0.5) is 0 Å². The van der Waals surface area contributed by atoms with Crippen LogP contribution < -0.4 is 14.8 Å². The minimum absolute atomic E-state index is 0.0777. The van der Waals surface area contributed by atoms with Gasteiger partial charge in [0.15, 0.2) is 0 Å². The number of sulfonamides is 1. The SMILES string of the molecule is CC#CCOc1ccc(S(=O)(=O)NCC#CCNC)cc1. The molecule has 0 aliphatic rings. The molecule has 0 bridgehead atoms. The van der Waals surface area contributed by atoms with E-state index < -0.39 is 10.0 Å². The fraction of sp³-hybridized carbons (Fsp3) is 0.333. The molecule has 0 unspecified atom stereocenters. The van der Waals surface area contributed by atoms with Gasteiger partial charge < -0.3 is 10.1 Å². The third-order valence-corrected chi connectivity index (χ3v) is 3.78. The fourth-order valence-electron chi connectivity index (χ4n) is 1.33. The summed E-state index contributed by atoms with van der Waals surface area (Å²) in [6.07, 6.45) is 0. The van der Waals surface area contributed by atoms with Gasteiger partial charge in [0.2, 0.25) is 10.0 Å². The molecule has 6 heteroatoms. The van der Waals surface area contributed by atoms with Crippen LogP contribution in [-0.2, 0) is 10.0 Å². The van der Waals surface area contributed by atoms with Gasteiger partial charge in [0, 0.05) is 0 Å². The van der Waals surface area contributed by atoms with E-state index in [-0.39, 0.29) is 18.0 Å². The van der Waals surface area contributed by atoms with Crippen LogP contribution in [0, 0.1) is 23.7 Å². The van der Waals surface area contributed by atoms with Crippen molar-refractivity contribution in [3.63, 3.8) is 0 Å². The summed E-state index contributed by atoms with van der Waals surface area (Å²) >= 11 is 0. The molecule has 0 saturated heterocycles. The van der Waals surface area contributed by atoms with E-state index in [4.69, 9.17) is 4.74 Å². The summed E-state index contributed by atoms with van der Waals surface area (Å²) in [5.41, 5.74) is 0. The zero-order valence-electron chi connectivity index (χ0n) is 12.1. The highest BCUT2D eigenvalue weighted by Crippen LogP contribution is 2.15. The molecule has 0 heterocycles. The monoisotopic (exact) mass is 306 g/mol. The third kappa shape index (κ3) is 6.33. The second-order valence-corrected chi connectivity index (χ2v) is 5.66. The van der Waals surface area contributed by atoms with E-state index in [9.17, 15) is 8.42 Å². The van der Waals surface area contributed by atoms with Gasteiger partial charge in [0.25, 0.3) is 0 Å². The van der Waals surface area contributed by atoms with Crippen molar-refractivity contribution in [2.45, 2.75) is 11.8 Å². The maximum Gasteiger partial charge on any atom is 0.241 e. The van der Waals surface area contributed by atoms with E-state index in [1.807, 2.05) is 0 Å². The molecule has 0 atom stereocenters. The molecule has 0 radical (unpaired) electrons. The quantitative estimate of drug-likeness (QED) is 0.755. The van der Waals surface area contributed by atoms with Gasteiger partial charge in [-0.2, -0.15) is 4.72 Å². The van der Waals surface area contributed by atoms with Crippen molar-refractivity contribution in [3.8, 4) is 29.4 Å². The molecular weight excluding hydrogens is 288 g/mol. The first kappa shape index (κ1) is 17.1. The van der Waals surface area contributed by atoms with Gasteiger partial charge in [-0.05, 0) is 38.2 Å².